The van der Waals surface area contributed by atoms with Crippen molar-refractivity contribution in [2.24, 2.45) is 5.73 Å². The Balaban J connectivity index is 1.65. The molecule has 4 nitrogen and oxygen atoms in total. The Morgan fingerprint density at radius 2 is 1.73 bits per heavy atom. The lowest BCUT2D eigenvalue weighted by Gasteiger charge is -2.12. The van der Waals surface area contributed by atoms with E-state index in [0.717, 1.165) is 43.1 Å². The van der Waals surface area contributed by atoms with E-state index >= 15 is 0 Å². The van der Waals surface area contributed by atoms with Gasteiger partial charge in [0.2, 0.25) is 0 Å². The van der Waals surface area contributed by atoms with E-state index in [0.29, 0.717) is 0 Å². The molecule has 0 aliphatic rings. The Bertz CT molecular complexity index is 879. The van der Waals surface area contributed by atoms with Gasteiger partial charge in [-0.25, -0.2) is 4.98 Å². The van der Waals surface area contributed by atoms with Crippen molar-refractivity contribution in [3.63, 3.8) is 0 Å². The number of aryl methyl sites for hydroxylation is 4. The number of imidazole rings is 1. The molecule has 0 aliphatic carbocycles. The standard InChI is InChI=1S/C22H29N3O/c1-15-7-9-19(10-8-15)26-12-6-5-11-25-21-14-17(3)16(2)13-20(21)24-22(25)18(4)23/h7-10,13-14,18H,5-6,11-12,23H2,1-4H3. The second kappa shape index (κ2) is 7.92. The second-order valence-electron chi connectivity index (χ2n) is 7.20. The number of unbranched alkanes of at least 4 members (excludes halogenated alkanes) is 1. The van der Waals surface area contributed by atoms with Gasteiger partial charge in [0.1, 0.15) is 11.6 Å². The summed E-state index contributed by atoms with van der Waals surface area (Å²) in [4.78, 5) is 4.78. The Kier molecular flexibility index (Phi) is 5.62. The quantitative estimate of drug-likeness (QED) is 0.620. The van der Waals surface area contributed by atoms with Crippen LogP contribution in [0.25, 0.3) is 11.0 Å². The molecule has 0 saturated heterocycles. The first-order valence-electron chi connectivity index (χ1n) is 9.38. The molecule has 0 radical (unpaired) electrons. The van der Waals surface area contributed by atoms with Gasteiger partial charge in [-0.2, -0.15) is 0 Å². The van der Waals surface area contributed by atoms with Crippen LogP contribution in [0.3, 0.4) is 0 Å². The summed E-state index contributed by atoms with van der Waals surface area (Å²) in [5.74, 6) is 1.90. The van der Waals surface area contributed by atoms with E-state index in [4.69, 9.17) is 15.5 Å². The van der Waals surface area contributed by atoms with Crippen molar-refractivity contribution < 1.29 is 4.74 Å². The van der Waals surface area contributed by atoms with Crippen LogP contribution in [0.4, 0.5) is 0 Å². The zero-order valence-electron chi connectivity index (χ0n) is 16.2. The molecule has 0 spiro atoms. The number of hydrogen-bond acceptors (Lipinski definition) is 3. The normalized spacial score (nSPS) is 12.5. The highest BCUT2D eigenvalue weighted by Gasteiger charge is 2.14. The third kappa shape index (κ3) is 4.07. The number of ether oxygens (including phenoxy) is 1. The van der Waals surface area contributed by atoms with Crippen LogP contribution >= 0.6 is 0 Å². The highest BCUT2D eigenvalue weighted by atomic mass is 16.5. The molecule has 1 atom stereocenters. The van der Waals surface area contributed by atoms with Gasteiger partial charge in [0, 0.05) is 6.54 Å². The van der Waals surface area contributed by atoms with Gasteiger partial charge in [0.15, 0.2) is 0 Å². The van der Waals surface area contributed by atoms with Gasteiger partial charge in [0.05, 0.1) is 23.7 Å². The SMILES string of the molecule is Cc1ccc(OCCCCn2c(C(C)N)nc3cc(C)c(C)cc32)cc1. The number of fused-ring (bicyclic) bond motifs is 1. The molecule has 2 aromatic carbocycles. The molecule has 1 heterocycles. The molecule has 4 heteroatoms. The molecular formula is C22H29N3O. The number of nitrogens with zero attached hydrogens (tertiary/aromatic N) is 2. The predicted octanol–water partition coefficient (Wildman–Crippen LogP) is 4.84. The molecule has 3 rings (SSSR count). The molecule has 26 heavy (non-hydrogen) atoms. The van der Waals surface area contributed by atoms with Gasteiger partial charge >= 0.3 is 0 Å². The summed E-state index contributed by atoms with van der Waals surface area (Å²) in [5, 5.41) is 0. The van der Waals surface area contributed by atoms with E-state index in [1.54, 1.807) is 0 Å². The fraction of sp³-hybridized carbons (Fsp3) is 0.409. The van der Waals surface area contributed by atoms with Crippen molar-refractivity contribution >= 4 is 11.0 Å². The highest BCUT2D eigenvalue weighted by molar-refractivity contribution is 5.78. The average molecular weight is 351 g/mol. The van der Waals surface area contributed by atoms with Crippen LogP contribution in [0.2, 0.25) is 0 Å². The monoisotopic (exact) mass is 351 g/mol. The first kappa shape index (κ1) is 18.5. The second-order valence-corrected chi connectivity index (χ2v) is 7.20. The number of aromatic nitrogens is 2. The average Bonchev–Trinajstić information content (AvgIpc) is 2.94. The van der Waals surface area contributed by atoms with Crippen molar-refractivity contribution in [2.75, 3.05) is 6.61 Å². The van der Waals surface area contributed by atoms with E-state index in [2.05, 4.69) is 49.6 Å². The summed E-state index contributed by atoms with van der Waals surface area (Å²) >= 11 is 0. The third-order valence-electron chi connectivity index (χ3n) is 4.87. The maximum Gasteiger partial charge on any atom is 0.126 e. The molecule has 0 bridgehead atoms. The van der Waals surface area contributed by atoms with Crippen molar-refractivity contribution in [1.29, 1.82) is 0 Å². The van der Waals surface area contributed by atoms with E-state index in [9.17, 15) is 0 Å². The lowest BCUT2D eigenvalue weighted by Crippen LogP contribution is -2.14. The smallest absolute Gasteiger partial charge is 0.126 e. The largest absolute Gasteiger partial charge is 0.494 e. The number of hydrogen-bond donors (Lipinski definition) is 1. The molecule has 2 N–H and O–H groups in total. The minimum atomic E-state index is -0.0770. The van der Waals surface area contributed by atoms with Gasteiger partial charge in [0.25, 0.3) is 0 Å². The van der Waals surface area contributed by atoms with Crippen LogP contribution in [0.5, 0.6) is 5.75 Å². The molecular weight excluding hydrogens is 322 g/mol. The van der Waals surface area contributed by atoms with E-state index in [-0.39, 0.29) is 6.04 Å². The predicted molar refractivity (Wildman–Crippen MR) is 108 cm³/mol. The van der Waals surface area contributed by atoms with Gasteiger partial charge in [-0.05, 0) is 75.9 Å². The first-order valence-corrected chi connectivity index (χ1v) is 9.38. The summed E-state index contributed by atoms with van der Waals surface area (Å²) in [6.07, 6.45) is 2.03. The van der Waals surface area contributed by atoms with E-state index in [1.807, 2.05) is 19.1 Å². The minimum Gasteiger partial charge on any atom is -0.494 e. The summed E-state index contributed by atoms with van der Waals surface area (Å²) in [6.45, 7) is 9.99. The molecule has 0 fully saturated rings. The van der Waals surface area contributed by atoms with E-state index in [1.165, 1.54) is 22.2 Å². The van der Waals surface area contributed by atoms with Crippen LogP contribution in [-0.2, 0) is 6.54 Å². The van der Waals surface area contributed by atoms with Gasteiger partial charge in [-0.3, -0.25) is 0 Å². The Morgan fingerprint density at radius 3 is 2.42 bits per heavy atom. The van der Waals surface area contributed by atoms with Crippen LogP contribution in [0, 0.1) is 20.8 Å². The highest BCUT2D eigenvalue weighted by Crippen LogP contribution is 2.24. The van der Waals surface area contributed by atoms with Crippen LogP contribution in [-0.4, -0.2) is 16.2 Å². The Hall–Kier alpha value is -2.33. The van der Waals surface area contributed by atoms with Crippen molar-refractivity contribution in [2.45, 2.75) is 53.1 Å². The topological polar surface area (TPSA) is 53.1 Å². The van der Waals surface area contributed by atoms with Gasteiger partial charge in [-0.1, -0.05) is 17.7 Å². The molecule has 0 amide bonds. The van der Waals surface area contributed by atoms with Crippen LogP contribution < -0.4 is 10.5 Å². The molecule has 3 aromatic rings. The van der Waals surface area contributed by atoms with Crippen molar-refractivity contribution in [1.82, 2.24) is 9.55 Å². The summed E-state index contributed by atoms with van der Waals surface area (Å²) in [5.41, 5.74) is 12.2. The first-order chi connectivity index (χ1) is 12.5. The number of benzene rings is 2. The van der Waals surface area contributed by atoms with E-state index < -0.39 is 0 Å². The van der Waals surface area contributed by atoms with Crippen LogP contribution in [0.15, 0.2) is 36.4 Å². The minimum absolute atomic E-state index is 0.0770. The molecule has 0 aliphatic heterocycles. The Morgan fingerprint density at radius 1 is 1.04 bits per heavy atom. The van der Waals surface area contributed by atoms with Crippen molar-refractivity contribution in [3.05, 3.63) is 58.9 Å². The zero-order chi connectivity index (χ0) is 18.7. The molecule has 1 unspecified atom stereocenters. The summed E-state index contributed by atoms with van der Waals surface area (Å²) in [6, 6.07) is 12.5. The van der Waals surface area contributed by atoms with Crippen molar-refractivity contribution in [3.8, 4) is 5.75 Å². The summed E-state index contributed by atoms with van der Waals surface area (Å²) in [7, 11) is 0. The zero-order valence-corrected chi connectivity index (χ0v) is 16.2. The fourth-order valence-electron chi connectivity index (χ4n) is 3.18. The maximum absolute atomic E-state index is 6.17. The van der Waals surface area contributed by atoms with Gasteiger partial charge < -0.3 is 15.0 Å². The number of nitrogens with two attached hydrogens (primary N) is 1. The Labute approximate surface area is 156 Å². The summed E-state index contributed by atoms with van der Waals surface area (Å²) < 4.78 is 8.11. The fourth-order valence-corrected chi connectivity index (χ4v) is 3.18. The maximum atomic E-state index is 6.17. The molecule has 1 aromatic heterocycles. The van der Waals surface area contributed by atoms with Crippen LogP contribution in [0.1, 0.15) is 48.3 Å². The lowest BCUT2D eigenvalue weighted by atomic mass is 10.1. The lowest BCUT2D eigenvalue weighted by molar-refractivity contribution is 0.303. The molecule has 0 saturated carbocycles. The third-order valence-corrected chi connectivity index (χ3v) is 4.87. The number of rotatable bonds is 7. The molecule has 138 valence electrons. The van der Waals surface area contributed by atoms with Gasteiger partial charge in [-0.15, -0.1) is 0 Å².